The number of hydrogen-bond acceptors (Lipinski definition) is 5. The molecule has 0 aliphatic heterocycles. The summed E-state index contributed by atoms with van der Waals surface area (Å²) in [6.45, 7) is 0.484. The Balaban J connectivity index is 1.50. The first-order chi connectivity index (χ1) is 13.9. The molecule has 29 heavy (non-hydrogen) atoms. The predicted molar refractivity (Wildman–Crippen MR) is 112 cm³/mol. The molecule has 0 spiro atoms. The zero-order valence-corrected chi connectivity index (χ0v) is 17.4. The largest absolute Gasteiger partial charge is 0.268 e. The van der Waals surface area contributed by atoms with Crippen LogP contribution in [0.5, 0.6) is 0 Å². The minimum absolute atomic E-state index is 0.00281. The van der Waals surface area contributed by atoms with Gasteiger partial charge < -0.3 is 0 Å². The Labute approximate surface area is 175 Å². The van der Waals surface area contributed by atoms with Gasteiger partial charge in [-0.2, -0.15) is 0 Å². The molecule has 0 aliphatic rings. The number of sulfonamides is 1. The van der Waals surface area contributed by atoms with Crippen LogP contribution >= 0.6 is 15.9 Å². The minimum Gasteiger partial charge on any atom is -0.268 e. The Kier molecular flexibility index (Phi) is 5.16. The van der Waals surface area contributed by atoms with Gasteiger partial charge in [-0.15, -0.1) is 5.10 Å². The molecule has 0 saturated carbocycles. The Bertz CT molecular complexity index is 1300. The van der Waals surface area contributed by atoms with Crippen LogP contribution < -0.4 is 4.72 Å². The first-order valence-electron chi connectivity index (χ1n) is 8.63. The summed E-state index contributed by atoms with van der Waals surface area (Å²) in [6, 6.07) is 20.6. The predicted octanol–water partition coefficient (Wildman–Crippen LogP) is 3.36. The summed E-state index contributed by atoms with van der Waals surface area (Å²) in [6.07, 6.45) is 0. The fraction of sp³-hybridized carbons (Fsp3) is 0.0500. The number of nitrogens with one attached hydrogen (secondary N) is 1. The molecule has 1 heterocycles. The molecule has 0 bridgehead atoms. The van der Waals surface area contributed by atoms with Crippen molar-refractivity contribution in [3.8, 4) is 0 Å². The molecule has 9 heteroatoms. The lowest BCUT2D eigenvalue weighted by molar-refractivity contribution is 0.0981. The molecule has 0 saturated heterocycles. The third kappa shape index (κ3) is 4.06. The van der Waals surface area contributed by atoms with E-state index in [0.29, 0.717) is 11.0 Å². The van der Waals surface area contributed by atoms with Crippen LogP contribution in [0.25, 0.3) is 11.0 Å². The van der Waals surface area contributed by atoms with Crippen LogP contribution in [0.1, 0.15) is 15.9 Å². The molecule has 0 aliphatic carbocycles. The van der Waals surface area contributed by atoms with Crippen molar-refractivity contribution < 1.29 is 13.2 Å². The maximum absolute atomic E-state index is 12.5. The summed E-state index contributed by atoms with van der Waals surface area (Å²) in [5.74, 6) is -0.696. The van der Waals surface area contributed by atoms with Crippen LogP contribution in [0.2, 0.25) is 0 Å². The summed E-state index contributed by atoms with van der Waals surface area (Å²) in [4.78, 5) is 12.4. The van der Waals surface area contributed by atoms with Crippen LogP contribution in [0.15, 0.2) is 82.2 Å². The zero-order valence-electron chi connectivity index (χ0n) is 15.0. The van der Waals surface area contributed by atoms with E-state index in [-0.39, 0.29) is 10.5 Å². The quantitative estimate of drug-likeness (QED) is 0.482. The van der Waals surface area contributed by atoms with Crippen molar-refractivity contribution in [2.24, 2.45) is 0 Å². The fourth-order valence-electron chi connectivity index (χ4n) is 2.87. The second-order valence-corrected chi connectivity index (χ2v) is 8.80. The highest BCUT2D eigenvalue weighted by Crippen LogP contribution is 2.21. The third-order valence-corrected chi connectivity index (χ3v) is 6.67. The van der Waals surface area contributed by atoms with E-state index in [1.54, 1.807) is 47.1 Å². The third-order valence-electron chi connectivity index (χ3n) is 4.32. The molecular weight excluding hydrogens is 456 g/mol. The molecule has 1 N–H and O–H groups in total. The van der Waals surface area contributed by atoms with E-state index in [4.69, 9.17) is 0 Å². The van der Waals surface area contributed by atoms with Crippen molar-refractivity contribution in [1.82, 2.24) is 19.7 Å². The van der Waals surface area contributed by atoms with Gasteiger partial charge in [-0.25, -0.2) is 17.8 Å². The highest BCUT2D eigenvalue weighted by Gasteiger charge is 2.21. The zero-order chi connectivity index (χ0) is 20.4. The van der Waals surface area contributed by atoms with Crippen LogP contribution in [-0.2, 0) is 16.6 Å². The molecule has 3 aromatic carbocycles. The van der Waals surface area contributed by atoms with E-state index >= 15 is 0 Å². The molecule has 4 rings (SSSR count). The number of nitrogens with zero attached hydrogens (tertiary/aromatic N) is 3. The lowest BCUT2D eigenvalue weighted by atomic mass is 10.1. The molecule has 7 nitrogen and oxygen atoms in total. The van der Waals surface area contributed by atoms with E-state index in [1.165, 1.54) is 6.07 Å². The van der Waals surface area contributed by atoms with Gasteiger partial charge in [0.2, 0.25) is 0 Å². The van der Waals surface area contributed by atoms with Gasteiger partial charge in [0.15, 0.2) is 0 Å². The Hall–Kier alpha value is -3.04. The number of rotatable bonds is 5. The van der Waals surface area contributed by atoms with Crippen molar-refractivity contribution in [2.45, 2.75) is 11.4 Å². The molecule has 0 atom stereocenters. The summed E-state index contributed by atoms with van der Waals surface area (Å²) < 4.78 is 29.2. The van der Waals surface area contributed by atoms with Crippen molar-refractivity contribution >= 4 is 42.9 Å². The lowest BCUT2D eigenvalue weighted by Gasteiger charge is -2.09. The van der Waals surface area contributed by atoms with Crippen molar-refractivity contribution in [1.29, 1.82) is 0 Å². The standard InChI is InChI=1S/C20H15BrN4O3S/c21-16-5-1-4-8-19(16)29(27,28)23-20(26)15-11-9-14(10-12-15)13-25-18-7-3-2-6-17(18)22-24-25/h1-12H,13H2,(H,23,26). The molecule has 4 aromatic rings. The van der Waals surface area contributed by atoms with Gasteiger partial charge in [0.1, 0.15) is 10.4 Å². The van der Waals surface area contributed by atoms with Gasteiger partial charge in [0.05, 0.1) is 12.1 Å². The molecular formula is C20H15BrN4O3S. The summed E-state index contributed by atoms with van der Waals surface area (Å²) in [5.41, 5.74) is 2.87. The maximum atomic E-state index is 12.5. The molecule has 146 valence electrons. The lowest BCUT2D eigenvalue weighted by Crippen LogP contribution is -2.30. The SMILES string of the molecule is O=C(NS(=O)(=O)c1ccccc1Br)c1ccc(Cn2nnc3ccccc32)cc1. The molecule has 1 amide bonds. The monoisotopic (exact) mass is 470 g/mol. The molecule has 1 aromatic heterocycles. The fourth-order valence-corrected chi connectivity index (χ4v) is 4.85. The van der Waals surface area contributed by atoms with Crippen LogP contribution in [0, 0.1) is 0 Å². The number of benzene rings is 3. The van der Waals surface area contributed by atoms with Gasteiger partial charge in [-0.3, -0.25) is 4.79 Å². The second-order valence-electron chi connectivity index (χ2n) is 6.30. The number of para-hydroxylation sites is 1. The van der Waals surface area contributed by atoms with E-state index in [9.17, 15) is 13.2 Å². The Morgan fingerprint density at radius 2 is 1.66 bits per heavy atom. The Morgan fingerprint density at radius 1 is 0.966 bits per heavy atom. The van der Waals surface area contributed by atoms with E-state index < -0.39 is 15.9 Å². The number of carbonyl (C=O) groups excluding carboxylic acids is 1. The average molecular weight is 471 g/mol. The number of aromatic nitrogens is 3. The van der Waals surface area contributed by atoms with Gasteiger partial charge in [-0.05, 0) is 57.9 Å². The Morgan fingerprint density at radius 3 is 2.41 bits per heavy atom. The van der Waals surface area contributed by atoms with Gasteiger partial charge in [0, 0.05) is 10.0 Å². The maximum Gasteiger partial charge on any atom is 0.265 e. The van der Waals surface area contributed by atoms with Gasteiger partial charge >= 0.3 is 0 Å². The minimum atomic E-state index is -3.98. The first-order valence-corrected chi connectivity index (χ1v) is 10.9. The van der Waals surface area contributed by atoms with Crippen molar-refractivity contribution in [2.75, 3.05) is 0 Å². The smallest absolute Gasteiger partial charge is 0.265 e. The highest BCUT2D eigenvalue weighted by molar-refractivity contribution is 9.10. The number of carbonyl (C=O) groups is 1. The average Bonchev–Trinajstić information content (AvgIpc) is 3.11. The summed E-state index contributed by atoms with van der Waals surface area (Å²) >= 11 is 3.19. The van der Waals surface area contributed by atoms with Crippen LogP contribution in [-0.4, -0.2) is 29.3 Å². The second kappa shape index (κ2) is 7.76. The normalized spacial score (nSPS) is 11.5. The topological polar surface area (TPSA) is 94.0 Å². The van der Waals surface area contributed by atoms with Crippen molar-refractivity contribution in [3.63, 3.8) is 0 Å². The molecule has 0 fully saturated rings. The van der Waals surface area contributed by atoms with Crippen LogP contribution in [0.4, 0.5) is 0 Å². The number of halogens is 1. The van der Waals surface area contributed by atoms with E-state index in [2.05, 4.69) is 31.0 Å². The number of fused-ring (bicyclic) bond motifs is 1. The molecule has 0 unspecified atom stereocenters. The van der Waals surface area contributed by atoms with Gasteiger partial charge in [-0.1, -0.05) is 41.6 Å². The number of amides is 1. The summed E-state index contributed by atoms with van der Waals surface area (Å²) in [7, 11) is -3.98. The first kappa shape index (κ1) is 19.3. The highest BCUT2D eigenvalue weighted by atomic mass is 79.9. The van der Waals surface area contributed by atoms with E-state index in [0.717, 1.165) is 16.6 Å². The molecule has 0 radical (unpaired) electrons. The number of hydrogen-bond donors (Lipinski definition) is 1. The van der Waals surface area contributed by atoms with Crippen LogP contribution in [0.3, 0.4) is 0 Å². The van der Waals surface area contributed by atoms with Crippen molar-refractivity contribution in [3.05, 3.63) is 88.4 Å². The van der Waals surface area contributed by atoms with Gasteiger partial charge in [0.25, 0.3) is 15.9 Å². The van der Waals surface area contributed by atoms with E-state index in [1.807, 2.05) is 24.3 Å². The summed E-state index contributed by atoms with van der Waals surface area (Å²) in [5, 5.41) is 8.26.